The van der Waals surface area contributed by atoms with Gasteiger partial charge in [0.2, 0.25) is 0 Å². The standard InChI is InChI=1S/C23H27F3N2O3S/c1-30-19-7-6-16(14-20(19)31-2)8-11-27-21(32)28-12-9-22(29,10-13-28)17-4-3-5-18(15-17)23(24,25)26/h3-7,14-15,29H,8-13H2,1-2H3,(H,27,32). The van der Waals surface area contributed by atoms with Gasteiger partial charge in [-0.25, -0.2) is 0 Å². The van der Waals surface area contributed by atoms with Crippen LogP contribution in [0.5, 0.6) is 11.5 Å². The first kappa shape index (κ1) is 24.1. The summed E-state index contributed by atoms with van der Waals surface area (Å²) in [7, 11) is 3.18. The first-order valence-electron chi connectivity index (χ1n) is 10.3. The highest BCUT2D eigenvalue weighted by Crippen LogP contribution is 2.36. The van der Waals surface area contributed by atoms with E-state index >= 15 is 0 Å². The van der Waals surface area contributed by atoms with Crippen LogP contribution in [0.4, 0.5) is 13.2 Å². The molecular formula is C23H27F3N2O3S. The third kappa shape index (κ3) is 5.63. The third-order valence-corrected chi connectivity index (χ3v) is 6.15. The van der Waals surface area contributed by atoms with Crippen LogP contribution >= 0.6 is 12.2 Å². The van der Waals surface area contributed by atoms with E-state index in [2.05, 4.69) is 5.32 Å². The van der Waals surface area contributed by atoms with Gasteiger partial charge in [0.15, 0.2) is 16.6 Å². The van der Waals surface area contributed by atoms with Crippen molar-refractivity contribution in [3.05, 3.63) is 59.2 Å². The third-order valence-electron chi connectivity index (χ3n) is 5.74. The number of rotatable bonds is 6. The zero-order chi connectivity index (χ0) is 23.4. The lowest BCUT2D eigenvalue weighted by Crippen LogP contribution is -2.49. The lowest BCUT2D eigenvalue weighted by atomic mass is 9.84. The molecule has 0 aliphatic carbocycles. The molecule has 1 aliphatic heterocycles. The average molecular weight is 469 g/mol. The van der Waals surface area contributed by atoms with E-state index in [4.69, 9.17) is 21.7 Å². The van der Waals surface area contributed by atoms with E-state index in [1.54, 1.807) is 20.3 Å². The fourth-order valence-corrected chi connectivity index (χ4v) is 4.10. The molecule has 0 radical (unpaired) electrons. The van der Waals surface area contributed by atoms with E-state index in [1.165, 1.54) is 6.07 Å². The van der Waals surface area contributed by atoms with Gasteiger partial charge in [0.25, 0.3) is 0 Å². The van der Waals surface area contributed by atoms with E-state index in [0.29, 0.717) is 54.7 Å². The number of nitrogens with zero attached hydrogens (tertiary/aromatic N) is 1. The number of benzene rings is 2. The van der Waals surface area contributed by atoms with Gasteiger partial charge in [-0.15, -0.1) is 0 Å². The Balaban J connectivity index is 1.52. The number of aliphatic hydroxyl groups is 1. The van der Waals surface area contributed by atoms with Crippen molar-refractivity contribution in [2.45, 2.75) is 31.0 Å². The molecule has 0 saturated carbocycles. The number of nitrogens with one attached hydrogen (secondary N) is 1. The summed E-state index contributed by atoms with van der Waals surface area (Å²) >= 11 is 5.48. The minimum atomic E-state index is -4.44. The Morgan fingerprint density at radius 2 is 1.78 bits per heavy atom. The van der Waals surface area contributed by atoms with Crippen LogP contribution in [0.3, 0.4) is 0 Å². The van der Waals surface area contributed by atoms with Crippen LogP contribution < -0.4 is 14.8 Å². The quantitative estimate of drug-likeness (QED) is 0.622. The summed E-state index contributed by atoms with van der Waals surface area (Å²) in [5.74, 6) is 1.33. The second-order valence-electron chi connectivity index (χ2n) is 7.77. The van der Waals surface area contributed by atoms with Gasteiger partial charge in [0.05, 0.1) is 25.4 Å². The van der Waals surface area contributed by atoms with Crippen molar-refractivity contribution in [2.24, 2.45) is 0 Å². The molecule has 2 aromatic rings. The van der Waals surface area contributed by atoms with Crippen LogP contribution in [0, 0.1) is 0 Å². The Morgan fingerprint density at radius 1 is 1.09 bits per heavy atom. The second-order valence-corrected chi connectivity index (χ2v) is 8.16. The van der Waals surface area contributed by atoms with Crippen LogP contribution in [0.25, 0.3) is 0 Å². The number of thiocarbonyl (C=S) groups is 1. The van der Waals surface area contributed by atoms with Crippen molar-refractivity contribution < 1.29 is 27.8 Å². The van der Waals surface area contributed by atoms with Crippen LogP contribution in [-0.4, -0.2) is 49.0 Å². The Morgan fingerprint density at radius 3 is 2.41 bits per heavy atom. The van der Waals surface area contributed by atoms with Gasteiger partial charge >= 0.3 is 6.18 Å². The molecule has 32 heavy (non-hydrogen) atoms. The molecule has 0 aromatic heterocycles. The molecule has 0 atom stereocenters. The molecule has 0 spiro atoms. The predicted molar refractivity (Wildman–Crippen MR) is 120 cm³/mol. The zero-order valence-electron chi connectivity index (χ0n) is 18.0. The lowest BCUT2D eigenvalue weighted by molar-refractivity contribution is -0.137. The SMILES string of the molecule is COc1ccc(CCNC(=S)N2CCC(O)(c3cccc(C(F)(F)F)c3)CC2)cc1OC. The molecule has 174 valence electrons. The van der Waals surface area contributed by atoms with Gasteiger partial charge in [-0.1, -0.05) is 18.2 Å². The van der Waals surface area contributed by atoms with Crippen LogP contribution in [-0.2, 0) is 18.2 Å². The summed E-state index contributed by atoms with van der Waals surface area (Å²) in [6.07, 6.45) is -3.12. The number of likely N-dealkylation sites (tertiary alicyclic amines) is 1. The van der Waals surface area contributed by atoms with E-state index in [9.17, 15) is 18.3 Å². The smallest absolute Gasteiger partial charge is 0.416 e. The van der Waals surface area contributed by atoms with E-state index in [1.807, 2.05) is 23.1 Å². The Labute approximate surface area is 191 Å². The molecule has 1 saturated heterocycles. The molecule has 1 fully saturated rings. The lowest BCUT2D eigenvalue weighted by Gasteiger charge is -2.39. The zero-order valence-corrected chi connectivity index (χ0v) is 18.9. The normalized spacial score (nSPS) is 15.9. The van der Waals surface area contributed by atoms with Crippen molar-refractivity contribution in [2.75, 3.05) is 33.9 Å². The first-order valence-corrected chi connectivity index (χ1v) is 10.7. The topological polar surface area (TPSA) is 54.0 Å². The molecule has 0 bridgehead atoms. The highest BCUT2D eigenvalue weighted by atomic mass is 32.1. The monoisotopic (exact) mass is 468 g/mol. The van der Waals surface area contributed by atoms with Crippen molar-refractivity contribution in [3.8, 4) is 11.5 Å². The number of hydrogen-bond acceptors (Lipinski definition) is 4. The minimum Gasteiger partial charge on any atom is -0.493 e. The Bertz CT molecular complexity index is 944. The highest BCUT2D eigenvalue weighted by molar-refractivity contribution is 7.80. The number of methoxy groups -OCH3 is 2. The molecule has 3 rings (SSSR count). The fourth-order valence-electron chi connectivity index (χ4n) is 3.82. The van der Waals surface area contributed by atoms with Gasteiger partial charge in [0, 0.05) is 19.6 Å². The van der Waals surface area contributed by atoms with Crippen LogP contribution in [0.1, 0.15) is 29.5 Å². The summed E-state index contributed by atoms with van der Waals surface area (Å²) in [5, 5.41) is 14.8. The minimum absolute atomic E-state index is 0.291. The van der Waals surface area contributed by atoms with Gasteiger partial charge in [-0.3, -0.25) is 0 Å². The maximum Gasteiger partial charge on any atom is 0.416 e. The van der Waals surface area contributed by atoms with Crippen molar-refractivity contribution in [1.29, 1.82) is 0 Å². The maximum absolute atomic E-state index is 13.0. The first-order chi connectivity index (χ1) is 15.2. The molecule has 5 nitrogen and oxygen atoms in total. The van der Waals surface area contributed by atoms with E-state index in [0.717, 1.165) is 24.1 Å². The van der Waals surface area contributed by atoms with Crippen molar-refractivity contribution >= 4 is 17.3 Å². The summed E-state index contributed by atoms with van der Waals surface area (Å²) in [6, 6.07) is 10.7. The van der Waals surface area contributed by atoms with Crippen molar-refractivity contribution in [3.63, 3.8) is 0 Å². The predicted octanol–water partition coefficient (Wildman–Crippen LogP) is 4.12. The molecule has 9 heteroatoms. The van der Waals surface area contributed by atoms with Crippen LogP contribution in [0.2, 0.25) is 0 Å². The molecule has 0 amide bonds. The molecule has 2 N–H and O–H groups in total. The molecule has 2 aromatic carbocycles. The fraction of sp³-hybridized carbons (Fsp3) is 0.435. The maximum atomic E-state index is 13.0. The van der Waals surface area contributed by atoms with Crippen molar-refractivity contribution in [1.82, 2.24) is 10.2 Å². The Hall–Kier alpha value is -2.52. The molecule has 1 heterocycles. The van der Waals surface area contributed by atoms with Gasteiger partial charge in [0.1, 0.15) is 0 Å². The highest BCUT2D eigenvalue weighted by Gasteiger charge is 2.37. The molecule has 1 aliphatic rings. The van der Waals surface area contributed by atoms with E-state index < -0.39 is 17.3 Å². The number of hydrogen-bond donors (Lipinski definition) is 2. The van der Waals surface area contributed by atoms with Gasteiger partial charge < -0.3 is 24.8 Å². The van der Waals surface area contributed by atoms with Crippen LogP contribution in [0.15, 0.2) is 42.5 Å². The average Bonchev–Trinajstić information content (AvgIpc) is 2.79. The number of halogens is 3. The largest absolute Gasteiger partial charge is 0.493 e. The summed E-state index contributed by atoms with van der Waals surface area (Å²) in [4.78, 5) is 1.94. The summed E-state index contributed by atoms with van der Waals surface area (Å²) < 4.78 is 49.6. The number of ether oxygens (including phenoxy) is 2. The van der Waals surface area contributed by atoms with E-state index in [-0.39, 0.29) is 0 Å². The molecule has 0 unspecified atom stereocenters. The second kappa shape index (κ2) is 9.95. The van der Waals surface area contributed by atoms with Gasteiger partial charge in [-0.2, -0.15) is 13.2 Å². The number of piperidine rings is 1. The molecular weight excluding hydrogens is 441 g/mol. The summed E-state index contributed by atoms with van der Waals surface area (Å²) in [6.45, 7) is 1.52. The van der Waals surface area contributed by atoms with Gasteiger partial charge in [-0.05, 0) is 66.9 Å². The summed E-state index contributed by atoms with van der Waals surface area (Å²) in [5.41, 5.74) is -0.694. The Kier molecular flexibility index (Phi) is 7.51. The number of alkyl halides is 3.